The summed E-state index contributed by atoms with van der Waals surface area (Å²) in [5, 5.41) is 0. The number of aromatic nitrogens is 1. The lowest BCUT2D eigenvalue weighted by atomic mass is 9.88. The highest BCUT2D eigenvalue weighted by molar-refractivity contribution is 5.94. The summed E-state index contributed by atoms with van der Waals surface area (Å²) >= 11 is 0. The molecule has 2 fully saturated rings. The molecule has 1 aliphatic carbocycles. The summed E-state index contributed by atoms with van der Waals surface area (Å²) in [4.78, 5) is 13.2. The summed E-state index contributed by atoms with van der Waals surface area (Å²) in [6.07, 6.45) is 8.57. The molecule has 0 amide bonds. The van der Waals surface area contributed by atoms with E-state index in [-0.39, 0.29) is 11.7 Å². The number of likely N-dealkylation sites (N-methyl/N-ethyl adjacent to an activating group) is 1. The van der Waals surface area contributed by atoms with Gasteiger partial charge in [-0.3, -0.25) is 20.9 Å². The molecule has 0 aromatic carbocycles. The summed E-state index contributed by atoms with van der Waals surface area (Å²) in [5.74, 6) is 0.575. The maximum Gasteiger partial charge on any atom is 0.244 e. The first-order valence-electron chi connectivity index (χ1n) is 12.3. The van der Waals surface area contributed by atoms with E-state index in [1.807, 2.05) is 0 Å². The molecule has 6 N–H and O–H groups in total. The summed E-state index contributed by atoms with van der Waals surface area (Å²) in [6.45, 7) is 5.92. The average Bonchev–Trinajstić information content (AvgIpc) is 3.25. The largest absolute Gasteiger partial charge is 0.492 e. The van der Waals surface area contributed by atoms with Gasteiger partial charge in [0.15, 0.2) is 11.6 Å². The molecule has 0 bridgehead atoms. The van der Waals surface area contributed by atoms with Gasteiger partial charge in [-0.05, 0) is 38.8 Å². The molecule has 4 rings (SSSR count). The molecule has 4 unspecified atom stereocenters. The van der Waals surface area contributed by atoms with Gasteiger partial charge in [0.25, 0.3) is 0 Å². The van der Waals surface area contributed by atoms with E-state index in [4.69, 9.17) is 21.9 Å². The second-order valence-electron chi connectivity index (χ2n) is 9.76. The lowest BCUT2D eigenvalue weighted by Gasteiger charge is -2.53. The summed E-state index contributed by atoms with van der Waals surface area (Å²) < 4.78 is 20.0. The van der Waals surface area contributed by atoms with Crippen molar-refractivity contribution in [2.75, 3.05) is 38.2 Å². The van der Waals surface area contributed by atoms with Gasteiger partial charge in [-0.2, -0.15) is 4.99 Å². The fraction of sp³-hybridized carbons (Fsp3) is 0.739. The maximum atomic E-state index is 14.6. The Bertz CT molecular complexity index is 848. The third kappa shape index (κ3) is 4.66. The molecular formula is C23H40FN8O+. The lowest BCUT2D eigenvalue weighted by Crippen LogP contribution is -2.79. The SMILES string of the molecule is CCN1CCCC1C[N+]1(CC2CCCCC2)C(N)N=C(N)N(c2cc(F)c(OC)cn2)C1N. The highest BCUT2D eigenvalue weighted by Gasteiger charge is 2.52. The highest BCUT2D eigenvalue weighted by Crippen LogP contribution is 2.35. The molecule has 33 heavy (non-hydrogen) atoms. The molecule has 10 heteroatoms. The zero-order valence-corrected chi connectivity index (χ0v) is 20.0. The molecule has 2 aliphatic heterocycles. The zero-order valence-electron chi connectivity index (χ0n) is 20.0. The second kappa shape index (κ2) is 10.1. The number of hydrogen-bond donors (Lipinski definition) is 3. The van der Waals surface area contributed by atoms with Gasteiger partial charge in [-0.1, -0.05) is 26.2 Å². The molecule has 1 aromatic rings. The van der Waals surface area contributed by atoms with Crippen LogP contribution in [-0.2, 0) is 0 Å². The summed E-state index contributed by atoms with van der Waals surface area (Å²) in [7, 11) is 1.41. The Morgan fingerprint density at radius 3 is 2.58 bits per heavy atom. The predicted molar refractivity (Wildman–Crippen MR) is 128 cm³/mol. The van der Waals surface area contributed by atoms with E-state index in [0.717, 1.165) is 32.6 Å². The fourth-order valence-electron chi connectivity index (χ4n) is 6.05. The number of anilines is 1. The van der Waals surface area contributed by atoms with Gasteiger partial charge in [0.05, 0.1) is 32.4 Å². The van der Waals surface area contributed by atoms with Crippen LogP contribution in [0.2, 0.25) is 0 Å². The Labute approximate surface area is 196 Å². The van der Waals surface area contributed by atoms with Crippen molar-refractivity contribution in [3.63, 3.8) is 0 Å². The summed E-state index contributed by atoms with van der Waals surface area (Å²) in [5.41, 5.74) is 20.1. The Hall–Kier alpha value is -2.01. The van der Waals surface area contributed by atoms with Gasteiger partial charge in [-0.15, -0.1) is 0 Å². The van der Waals surface area contributed by atoms with Gasteiger partial charge in [0.1, 0.15) is 5.82 Å². The van der Waals surface area contributed by atoms with E-state index in [9.17, 15) is 4.39 Å². The number of nitrogens with zero attached hydrogens (tertiary/aromatic N) is 5. The maximum absolute atomic E-state index is 14.6. The van der Waals surface area contributed by atoms with Crippen molar-refractivity contribution in [1.29, 1.82) is 0 Å². The van der Waals surface area contributed by atoms with Crippen LogP contribution >= 0.6 is 0 Å². The van der Waals surface area contributed by atoms with Gasteiger partial charge in [0.2, 0.25) is 18.5 Å². The van der Waals surface area contributed by atoms with Gasteiger partial charge < -0.3 is 10.5 Å². The minimum atomic E-state index is -0.612. The van der Waals surface area contributed by atoms with Crippen LogP contribution in [0.5, 0.6) is 5.75 Å². The smallest absolute Gasteiger partial charge is 0.244 e. The minimum absolute atomic E-state index is 0.0732. The fourth-order valence-corrected chi connectivity index (χ4v) is 6.05. The Morgan fingerprint density at radius 2 is 1.91 bits per heavy atom. The number of methoxy groups -OCH3 is 1. The molecule has 1 aromatic heterocycles. The zero-order chi connectivity index (χ0) is 23.6. The first-order valence-corrected chi connectivity index (χ1v) is 12.3. The third-order valence-electron chi connectivity index (χ3n) is 7.88. The number of rotatable bonds is 7. The van der Waals surface area contributed by atoms with Crippen LogP contribution < -0.4 is 26.8 Å². The Balaban J connectivity index is 1.72. The second-order valence-corrected chi connectivity index (χ2v) is 9.76. The molecule has 184 valence electrons. The molecule has 0 radical (unpaired) electrons. The first-order chi connectivity index (χ1) is 15.9. The third-order valence-corrected chi connectivity index (χ3v) is 7.88. The quantitative estimate of drug-likeness (QED) is 0.527. The lowest BCUT2D eigenvalue weighted by molar-refractivity contribution is -0.977. The van der Waals surface area contributed by atoms with Gasteiger partial charge in [-0.25, -0.2) is 14.3 Å². The van der Waals surface area contributed by atoms with Crippen molar-refractivity contribution in [2.45, 2.75) is 70.5 Å². The minimum Gasteiger partial charge on any atom is -0.492 e. The number of aliphatic imine (C=N–C) groups is 1. The molecule has 0 spiro atoms. The standard InChI is InChI=1S/C23H40FN8O/c1-3-30-11-7-10-17(30)15-32(14-16-8-5-4-6-9-16)22(26)29-21(25)31(23(32)27)20-12-18(24)19(33-2)13-28-20/h12-13,16-17,22-23H,3-11,14-15,26-27H2,1-2H3,(H2,25,29)/q+1. The van der Waals surface area contributed by atoms with E-state index >= 15 is 0 Å². The molecule has 3 heterocycles. The highest BCUT2D eigenvalue weighted by atomic mass is 19.1. The van der Waals surface area contributed by atoms with Crippen LogP contribution in [0.25, 0.3) is 0 Å². The molecule has 4 atom stereocenters. The average molecular weight is 464 g/mol. The van der Waals surface area contributed by atoms with E-state index < -0.39 is 18.4 Å². The van der Waals surface area contributed by atoms with Crippen molar-refractivity contribution >= 4 is 11.8 Å². The number of guanidine groups is 1. The molecule has 9 nitrogen and oxygen atoms in total. The van der Waals surface area contributed by atoms with Gasteiger partial charge >= 0.3 is 0 Å². The van der Waals surface area contributed by atoms with Crippen LogP contribution in [0.3, 0.4) is 0 Å². The van der Waals surface area contributed by atoms with Crippen LogP contribution in [0.1, 0.15) is 51.9 Å². The van der Waals surface area contributed by atoms with Crippen LogP contribution in [0.4, 0.5) is 10.2 Å². The van der Waals surface area contributed by atoms with Crippen molar-refractivity contribution < 1.29 is 13.6 Å². The van der Waals surface area contributed by atoms with Crippen molar-refractivity contribution in [3.05, 3.63) is 18.1 Å². The Kier molecular flexibility index (Phi) is 7.37. The number of hydrogen-bond acceptors (Lipinski definition) is 8. The molecular weight excluding hydrogens is 423 g/mol. The van der Waals surface area contributed by atoms with Crippen LogP contribution in [0.15, 0.2) is 17.3 Å². The van der Waals surface area contributed by atoms with Crippen LogP contribution in [0, 0.1) is 11.7 Å². The van der Waals surface area contributed by atoms with Gasteiger partial charge in [0, 0.05) is 12.0 Å². The number of likely N-dealkylation sites (tertiary alicyclic amines) is 1. The van der Waals surface area contributed by atoms with Crippen LogP contribution in [-0.4, -0.2) is 72.2 Å². The van der Waals surface area contributed by atoms with E-state index in [0.29, 0.717) is 22.3 Å². The predicted octanol–water partition coefficient (Wildman–Crippen LogP) is 1.73. The number of pyridine rings is 1. The molecule has 3 aliphatic rings. The monoisotopic (exact) mass is 463 g/mol. The molecule has 1 saturated carbocycles. The Morgan fingerprint density at radius 1 is 1.15 bits per heavy atom. The number of nitrogens with two attached hydrogens (primary N) is 3. The number of halogens is 1. The first kappa shape index (κ1) is 24.1. The number of ether oxygens (including phenoxy) is 1. The van der Waals surface area contributed by atoms with Crippen molar-refractivity contribution in [1.82, 2.24) is 9.88 Å². The van der Waals surface area contributed by atoms with E-state index in [1.165, 1.54) is 57.9 Å². The molecule has 1 saturated heterocycles. The van der Waals surface area contributed by atoms with E-state index in [2.05, 4.69) is 21.8 Å². The van der Waals surface area contributed by atoms with Crippen molar-refractivity contribution in [3.8, 4) is 5.75 Å². The summed E-state index contributed by atoms with van der Waals surface area (Å²) in [6, 6.07) is 1.69. The normalized spacial score (nSPS) is 31.6. The number of quaternary nitrogens is 1. The van der Waals surface area contributed by atoms with E-state index in [1.54, 1.807) is 4.90 Å². The topological polar surface area (TPSA) is 119 Å². The van der Waals surface area contributed by atoms with Crippen molar-refractivity contribution in [2.24, 2.45) is 28.1 Å².